The van der Waals surface area contributed by atoms with Gasteiger partial charge in [-0.1, -0.05) is 31.6 Å². The van der Waals surface area contributed by atoms with Crippen LogP contribution in [0.2, 0.25) is 0 Å². The van der Waals surface area contributed by atoms with Crippen LogP contribution in [0.15, 0.2) is 11.3 Å². The summed E-state index contributed by atoms with van der Waals surface area (Å²) in [7, 11) is 0. The molecule has 134 valence electrons. The van der Waals surface area contributed by atoms with Crippen molar-refractivity contribution in [2.24, 2.45) is 11.8 Å². The largest absolute Gasteiger partial charge is 0.481 e. The first-order valence-corrected chi connectivity index (χ1v) is 8.71. The van der Waals surface area contributed by atoms with Gasteiger partial charge >= 0.3 is 5.97 Å². The molecule has 0 aromatic rings. The van der Waals surface area contributed by atoms with E-state index >= 15 is 0 Å². The zero-order valence-electron chi connectivity index (χ0n) is 14.1. The van der Waals surface area contributed by atoms with E-state index in [0.29, 0.717) is 25.9 Å². The molecule has 0 aliphatic heterocycles. The number of fused-ring (bicyclic) bond motifs is 1. The number of hydrogen-bond acceptors (Lipinski definition) is 5. The lowest BCUT2D eigenvalue weighted by Crippen LogP contribution is -2.32. The summed E-state index contributed by atoms with van der Waals surface area (Å²) in [5.41, 5.74) is 4.99. The molecular formula is C18H27NO5. The van der Waals surface area contributed by atoms with E-state index in [1.54, 1.807) is 0 Å². The van der Waals surface area contributed by atoms with Crippen LogP contribution in [0, 0.1) is 23.7 Å². The van der Waals surface area contributed by atoms with Crippen LogP contribution in [0.3, 0.4) is 0 Å². The smallest absolute Gasteiger partial charge is 0.303 e. The molecule has 0 spiro atoms. The number of carboxylic acid groups (broad SMARTS) is 1. The van der Waals surface area contributed by atoms with Crippen molar-refractivity contribution in [3.63, 3.8) is 0 Å². The molecule has 4 unspecified atom stereocenters. The molecule has 2 aliphatic carbocycles. The maximum Gasteiger partial charge on any atom is 0.303 e. The Morgan fingerprint density at radius 1 is 1.42 bits per heavy atom. The lowest BCUT2D eigenvalue weighted by Gasteiger charge is -2.30. The molecule has 4 atom stereocenters. The number of allylic oxidation sites excluding steroid dienone is 1. The standard InChI is InChI=1S/C18H27NO5/c1-2-3-5-13(20)8-7-12-10-14-15(18(12)23)11-16(14)19-24-9-4-6-17(21)22/h12-13,15,18-20,23H,2-6,9-11H2,1H3,(H,21,22). The first-order valence-electron chi connectivity index (χ1n) is 8.71. The van der Waals surface area contributed by atoms with E-state index in [1.807, 2.05) is 0 Å². The minimum atomic E-state index is -0.828. The summed E-state index contributed by atoms with van der Waals surface area (Å²) in [6, 6.07) is 0. The third-order valence-corrected chi connectivity index (χ3v) is 4.62. The van der Waals surface area contributed by atoms with Gasteiger partial charge in [-0.2, -0.15) is 0 Å². The summed E-state index contributed by atoms with van der Waals surface area (Å²) < 4.78 is 0. The van der Waals surface area contributed by atoms with Crippen molar-refractivity contribution < 1.29 is 25.0 Å². The average Bonchev–Trinajstić information content (AvgIpc) is 2.77. The second kappa shape index (κ2) is 9.07. The van der Waals surface area contributed by atoms with Gasteiger partial charge in [0.05, 0.1) is 18.6 Å². The fourth-order valence-electron chi connectivity index (χ4n) is 3.16. The van der Waals surface area contributed by atoms with E-state index in [1.165, 1.54) is 0 Å². The number of aliphatic hydroxyl groups excluding tert-OH is 2. The Kier molecular flexibility index (Phi) is 7.10. The number of carboxylic acids is 1. The molecule has 0 saturated heterocycles. The summed E-state index contributed by atoms with van der Waals surface area (Å²) >= 11 is 0. The Bertz CT molecular complexity index is 533. The predicted octanol–water partition coefficient (Wildman–Crippen LogP) is 1.58. The lowest BCUT2D eigenvalue weighted by molar-refractivity contribution is -0.137. The van der Waals surface area contributed by atoms with Gasteiger partial charge in [0.15, 0.2) is 0 Å². The zero-order valence-corrected chi connectivity index (χ0v) is 14.1. The Morgan fingerprint density at radius 2 is 2.21 bits per heavy atom. The van der Waals surface area contributed by atoms with Gasteiger partial charge in [-0.3, -0.25) is 15.1 Å². The molecule has 6 nitrogen and oxygen atoms in total. The van der Waals surface area contributed by atoms with Crippen LogP contribution >= 0.6 is 0 Å². The van der Waals surface area contributed by atoms with Crippen LogP contribution in [-0.2, 0) is 9.63 Å². The monoisotopic (exact) mass is 337 g/mol. The number of carbonyl (C=O) groups is 1. The number of rotatable bonds is 9. The summed E-state index contributed by atoms with van der Waals surface area (Å²) in [6.45, 7) is 2.41. The van der Waals surface area contributed by atoms with Gasteiger partial charge in [-0.25, -0.2) is 0 Å². The molecule has 0 radical (unpaired) electrons. The molecule has 1 saturated carbocycles. The topological polar surface area (TPSA) is 99.0 Å². The molecule has 0 bridgehead atoms. The summed E-state index contributed by atoms with van der Waals surface area (Å²) in [6.07, 6.45) is 3.53. The van der Waals surface area contributed by atoms with E-state index in [9.17, 15) is 15.0 Å². The Morgan fingerprint density at radius 3 is 2.92 bits per heavy atom. The van der Waals surface area contributed by atoms with Crippen molar-refractivity contribution in [1.29, 1.82) is 0 Å². The molecule has 24 heavy (non-hydrogen) atoms. The second-order valence-electron chi connectivity index (χ2n) is 6.51. The van der Waals surface area contributed by atoms with Crippen LogP contribution in [0.25, 0.3) is 0 Å². The number of nitrogens with one attached hydrogen (secondary N) is 1. The average molecular weight is 337 g/mol. The fourth-order valence-corrected chi connectivity index (χ4v) is 3.16. The minimum absolute atomic E-state index is 0.0902. The Labute approximate surface area is 142 Å². The quantitative estimate of drug-likeness (QED) is 0.290. The SMILES string of the molecule is CCCCC(O)C#CC1CC2=C(NOCCCC(=O)O)CC2C1O. The van der Waals surface area contributed by atoms with Crippen LogP contribution in [0.1, 0.15) is 51.9 Å². The molecule has 0 aromatic heterocycles. The van der Waals surface area contributed by atoms with Gasteiger partial charge < -0.3 is 15.3 Å². The number of hydrogen-bond donors (Lipinski definition) is 4. The number of hydroxylamine groups is 1. The van der Waals surface area contributed by atoms with Gasteiger partial charge in [-0.05, 0) is 31.3 Å². The van der Waals surface area contributed by atoms with E-state index in [-0.39, 0.29) is 18.3 Å². The fraction of sp³-hybridized carbons (Fsp3) is 0.722. The maximum atomic E-state index is 10.4. The molecule has 6 heteroatoms. The van der Waals surface area contributed by atoms with Crippen molar-refractivity contribution in [2.75, 3.05) is 6.61 Å². The number of aliphatic carboxylic acids is 1. The third-order valence-electron chi connectivity index (χ3n) is 4.62. The maximum absolute atomic E-state index is 10.4. The molecular weight excluding hydrogens is 310 g/mol. The van der Waals surface area contributed by atoms with Gasteiger partial charge in [0, 0.05) is 18.0 Å². The van der Waals surface area contributed by atoms with Gasteiger partial charge in [0.25, 0.3) is 0 Å². The summed E-state index contributed by atoms with van der Waals surface area (Å²) in [5, 5.41) is 28.6. The molecule has 2 rings (SSSR count). The molecule has 0 aromatic carbocycles. The zero-order chi connectivity index (χ0) is 17.5. The van der Waals surface area contributed by atoms with E-state index in [0.717, 1.165) is 30.5 Å². The van der Waals surface area contributed by atoms with E-state index in [2.05, 4.69) is 24.2 Å². The summed E-state index contributed by atoms with van der Waals surface area (Å²) in [5.74, 6) is 5.06. The van der Waals surface area contributed by atoms with Gasteiger partial charge in [0.2, 0.25) is 0 Å². The highest BCUT2D eigenvalue weighted by molar-refractivity contribution is 5.66. The highest BCUT2D eigenvalue weighted by Crippen LogP contribution is 2.48. The Balaban J connectivity index is 1.77. The lowest BCUT2D eigenvalue weighted by atomic mass is 9.83. The van der Waals surface area contributed by atoms with E-state index < -0.39 is 18.2 Å². The van der Waals surface area contributed by atoms with Crippen LogP contribution in [0.5, 0.6) is 0 Å². The van der Waals surface area contributed by atoms with Crippen LogP contribution in [-0.4, -0.2) is 40.1 Å². The van der Waals surface area contributed by atoms with Gasteiger partial charge in [0.1, 0.15) is 6.10 Å². The van der Waals surface area contributed by atoms with Crippen molar-refractivity contribution >= 4 is 5.97 Å². The molecule has 4 N–H and O–H groups in total. The Hall–Kier alpha value is -1.55. The van der Waals surface area contributed by atoms with Crippen LogP contribution < -0.4 is 5.48 Å². The normalized spacial score (nSPS) is 26.2. The number of unbranched alkanes of at least 4 members (excludes halogenated alkanes) is 1. The molecule has 1 fully saturated rings. The van der Waals surface area contributed by atoms with Crippen molar-refractivity contribution in [3.05, 3.63) is 11.3 Å². The molecule has 2 aliphatic rings. The minimum Gasteiger partial charge on any atom is -0.481 e. The molecule has 0 amide bonds. The van der Waals surface area contributed by atoms with Crippen molar-refractivity contribution in [2.45, 2.75) is 64.1 Å². The van der Waals surface area contributed by atoms with Crippen molar-refractivity contribution in [3.8, 4) is 11.8 Å². The second-order valence-corrected chi connectivity index (χ2v) is 6.51. The first kappa shape index (κ1) is 18.8. The van der Waals surface area contributed by atoms with Gasteiger partial charge in [-0.15, -0.1) is 0 Å². The van der Waals surface area contributed by atoms with E-state index in [4.69, 9.17) is 9.94 Å². The summed E-state index contributed by atoms with van der Waals surface area (Å²) in [4.78, 5) is 15.7. The number of aliphatic hydroxyl groups is 2. The van der Waals surface area contributed by atoms with Crippen LogP contribution in [0.4, 0.5) is 0 Å². The van der Waals surface area contributed by atoms with Crippen molar-refractivity contribution in [1.82, 2.24) is 5.48 Å². The highest BCUT2D eigenvalue weighted by atomic mass is 16.6. The highest BCUT2D eigenvalue weighted by Gasteiger charge is 2.45. The third kappa shape index (κ3) is 4.97. The first-order chi connectivity index (χ1) is 11.5. The predicted molar refractivity (Wildman–Crippen MR) is 88.5 cm³/mol. The molecule has 0 heterocycles.